The predicted molar refractivity (Wildman–Crippen MR) is 81.9 cm³/mol. The topological polar surface area (TPSA) is 61.4 Å². The van der Waals surface area contributed by atoms with E-state index in [9.17, 15) is 8.42 Å². The Balaban J connectivity index is 3.17. The van der Waals surface area contributed by atoms with Crippen LogP contribution in [0.1, 0.15) is 30.5 Å². The Labute approximate surface area is 122 Å². The molecule has 114 valence electrons. The number of rotatable bonds is 6. The van der Waals surface area contributed by atoms with E-state index < -0.39 is 10.0 Å². The highest BCUT2D eigenvalue weighted by Crippen LogP contribution is 2.20. The standard InChI is InChI=1S/C14H25N3O2S/c1-10(2)15-9-13-8-14(12(4)7-11(13)3)20(18,19)16-17(5)6/h7-8,10,15-16H,9H2,1-6H3. The second-order valence-corrected chi connectivity index (χ2v) is 7.20. The van der Waals surface area contributed by atoms with Gasteiger partial charge >= 0.3 is 0 Å². The zero-order valence-corrected chi connectivity index (χ0v) is 13.9. The third-order valence-electron chi connectivity index (χ3n) is 2.93. The summed E-state index contributed by atoms with van der Waals surface area (Å²) in [4.78, 5) is 2.80. The van der Waals surface area contributed by atoms with E-state index in [0.717, 1.165) is 16.7 Å². The number of nitrogens with one attached hydrogen (secondary N) is 2. The predicted octanol–water partition coefficient (Wildman–Crippen LogP) is 1.56. The van der Waals surface area contributed by atoms with Crippen molar-refractivity contribution in [2.45, 2.75) is 45.2 Å². The second kappa shape index (κ2) is 6.67. The van der Waals surface area contributed by atoms with Crippen molar-refractivity contribution in [2.24, 2.45) is 0 Å². The maximum atomic E-state index is 12.3. The molecule has 0 atom stereocenters. The molecule has 0 unspecified atom stereocenters. The van der Waals surface area contributed by atoms with Crippen LogP contribution in [0.4, 0.5) is 0 Å². The summed E-state index contributed by atoms with van der Waals surface area (Å²) in [6.07, 6.45) is 0. The summed E-state index contributed by atoms with van der Waals surface area (Å²) in [7, 11) is -0.210. The summed E-state index contributed by atoms with van der Waals surface area (Å²) in [6, 6.07) is 4.03. The lowest BCUT2D eigenvalue weighted by atomic mass is 10.1. The van der Waals surface area contributed by atoms with Crippen LogP contribution >= 0.6 is 0 Å². The fraction of sp³-hybridized carbons (Fsp3) is 0.571. The third-order valence-corrected chi connectivity index (χ3v) is 4.55. The highest BCUT2D eigenvalue weighted by molar-refractivity contribution is 7.89. The Bertz CT molecular complexity index is 566. The number of hydrogen-bond acceptors (Lipinski definition) is 4. The zero-order valence-electron chi connectivity index (χ0n) is 13.1. The van der Waals surface area contributed by atoms with Gasteiger partial charge in [-0.3, -0.25) is 0 Å². The second-order valence-electron chi connectivity index (χ2n) is 5.57. The molecule has 0 saturated carbocycles. The molecule has 0 fully saturated rings. The molecule has 0 saturated heterocycles. The molecule has 0 aliphatic rings. The highest BCUT2D eigenvalue weighted by atomic mass is 32.2. The Kier molecular flexibility index (Phi) is 5.70. The lowest BCUT2D eigenvalue weighted by Crippen LogP contribution is -2.36. The molecule has 1 rings (SSSR count). The minimum atomic E-state index is -3.52. The van der Waals surface area contributed by atoms with Gasteiger partial charge in [-0.1, -0.05) is 19.9 Å². The SMILES string of the molecule is Cc1cc(C)c(S(=O)(=O)NN(C)C)cc1CNC(C)C. The van der Waals surface area contributed by atoms with Gasteiger partial charge in [-0.2, -0.15) is 0 Å². The van der Waals surface area contributed by atoms with Crippen molar-refractivity contribution >= 4 is 10.0 Å². The van der Waals surface area contributed by atoms with Gasteiger partial charge in [0.05, 0.1) is 4.90 Å². The normalized spacial score (nSPS) is 12.4. The van der Waals surface area contributed by atoms with E-state index in [-0.39, 0.29) is 0 Å². The number of nitrogens with zero attached hydrogens (tertiary/aromatic N) is 1. The molecular formula is C14H25N3O2S. The first-order chi connectivity index (χ1) is 9.13. The number of hydrazine groups is 1. The first-order valence-corrected chi connectivity index (χ1v) is 8.15. The van der Waals surface area contributed by atoms with Gasteiger partial charge in [-0.05, 0) is 36.6 Å². The summed E-state index contributed by atoms with van der Waals surface area (Å²) in [5.74, 6) is 0. The Morgan fingerprint density at radius 1 is 1.15 bits per heavy atom. The van der Waals surface area contributed by atoms with Crippen molar-refractivity contribution in [3.63, 3.8) is 0 Å². The Hall–Kier alpha value is -0.950. The molecule has 20 heavy (non-hydrogen) atoms. The molecule has 0 heterocycles. The highest BCUT2D eigenvalue weighted by Gasteiger charge is 2.19. The van der Waals surface area contributed by atoms with Crippen molar-refractivity contribution in [2.75, 3.05) is 14.1 Å². The lowest BCUT2D eigenvalue weighted by molar-refractivity contribution is 0.364. The maximum absolute atomic E-state index is 12.3. The van der Waals surface area contributed by atoms with Crippen molar-refractivity contribution in [1.29, 1.82) is 0 Å². The van der Waals surface area contributed by atoms with Gasteiger partial charge in [0.25, 0.3) is 10.0 Å². The van der Waals surface area contributed by atoms with E-state index >= 15 is 0 Å². The summed E-state index contributed by atoms with van der Waals surface area (Å²) in [5.41, 5.74) is 2.85. The monoisotopic (exact) mass is 299 g/mol. The van der Waals surface area contributed by atoms with Crippen LogP contribution in [0.2, 0.25) is 0 Å². The minimum absolute atomic E-state index is 0.331. The molecule has 0 radical (unpaired) electrons. The average Bonchev–Trinajstić information content (AvgIpc) is 2.25. The molecule has 0 amide bonds. The van der Waals surface area contributed by atoms with E-state index in [4.69, 9.17) is 0 Å². The van der Waals surface area contributed by atoms with Crippen LogP contribution in [0, 0.1) is 13.8 Å². The summed E-state index contributed by atoms with van der Waals surface area (Å²) in [5, 5.41) is 4.75. The fourth-order valence-corrected chi connectivity index (χ4v) is 3.32. The molecule has 0 aromatic heterocycles. The van der Waals surface area contributed by atoms with Gasteiger partial charge < -0.3 is 5.32 Å². The third kappa shape index (κ3) is 4.56. The van der Waals surface area contributed by atoms with Crippen LogP contribution in [0.3, 0.4) is 0 Å². The van der Waals surface area contributed by atoms with E-state index in [1.54, 1.807) is 20.2 Å². The fourth-order valence-electron chi connectivity index (χ4n) is 1.96. The van der Waals surface area contributed by atoms with E-state index in [1.807, 2.05) is 19.9 Å². The van der Waals surface area contributed by atoms with Gasteiger partial charge in [-0.25, -0.2) is 13.4 Å². The van der Waals surface area contributed by atoms with Crippen molar-refractivity contribution in [1.82, 2.24) is 15.2 Å². The molecule has 6 heteroatoms. The lowest BCUT2D eigenvalue weighted by Gasteiger charge is -2.17. The number of aryl methyl sites for hydroxylation is 2. The summed E-state index contributed by atoms with van der Waals surface area (Å²) < 4.78 is 24.6. The molecule has 0 aliphatic heterocycles. The first-order valence-electron chi connectivity index (χ1n) is 6.66. The smallest absolute Gasteiger partial charge is 0.253 e. The van der Waals surface area contributed by atoms with Crippen LogP contribution in [0.15, 0.2) is 17.0 Å². The zero-order chi connectivity index (χ0) is 15.5. The van der Waals surface area contributed by atoms with Crippen molar-refractivity contribution in [3.05, 3.63) is 28.8 Å². The largest absolute Gasteiger partial charge is 0.310 e. The van der Waals surface area contributed by atoms with Gasteiger partial charge in [-0.15, -0.1) is 4.83 Å². The Morgan fingerprint density at radius 3 is 2.25 bits per heavy atom. The van der Waals surface area contributed by atoms with Crippen LogP contribution in [-0.4, -0.2) is 33.6 Å². The summed E-state index contributed by atoms with van der Waals surface area (Å²) >= 11 is 0. The molecule has 0 spiro atoms. The molecule has 0 bridgehead atoms. The number of hydrogen-bond donors (Lipinski definition) is 2. The van der Waals surface area contributed by atoms with Gasteiger partial charge in [0.1, 0.15) is 0 Å². The van der Waals surface area contributed by atoms with Crippen molar-refractivity contribution < 1.29 is 8.42 Å². The molecule has 1 aromatic carbocycles. The molecule has 1 aromatic rings. The first kappa shape index (κ1) is 17.1. The number of sulfonamides is 1. The van der Waals surface area contributed by atoms with Gasteiger partial charge in [0, 0.05) is 26.7 Å². The van der Waals surface area contributed by atoms with E-state index in [0.29, 0.717) is 17.5 Å². The average molecular weight is 299 g/mol. The minimum Gasteiger partial charge on any atom is -0.310 e. The van der Waals surface area contributed by atoms with Crippen LogP contribution in [-0.2, 0) is 16.6 Å². The molecular weight excluding hydrogens is 274 g/mol. The van der Waals surface area contributed by atoms with Crippen LogP contribution < -0.4 is 10.1 Å². The number of benzene rings is 1. The molecule has 5 nitrogen and oxygen atoms in total. The molecule has 2 N–H and O–H groups in total. The van der Waals surface area contributed by atoms with Crippen LogP contribution in [0.5, 0.6) is 0 Å². The Morgan fingerprint density at radius 2 is 1.75 bits per heavy atom. The quantitative estimate of drug-likeness (QED) is 0.783. The van der Waals surface area contributed by atoms with E-state index in [1.165, 1.54) is 5.01 Å². The molecule has 0 aliphatic carbocycles. The van der Waals surface area contributed by atoms with Gasteiger partial charge in [0.15, 0.2) is 0 Å². The van der Waals surface area contributed by atoms with Crippen LogP contribution in [0.25, 0.3) is 0 Å². The van der Waals surface area contributed by atoms with Crippen molar-refractivity contribution in [3.8, 4) is 0 Å². The summed E-state index contributed by atoms with van der Waals surface area (Å²) in [6.45, 7) is 8.61. The maximum Gasteiger partial charge on any atom is 0.253 e. The van der Waals surface area contributed by atoms with Gasteiger partial charge in [0.2, 0.25) is 0 Å². The van der Waals surface area contributed by atoms with E-state index in [2.05, 4.69) is 24.0 Å².